The molecule has 1 heterocycles. The van der Waals surface area contributed by atoms with Crippen LogP contribution in [0, 0.1) is 6.92 Å². The number of carbonyl (C=O) groups excluding carboxylic acids is 1. The standard InChI is InChI=1S/C24H22ClN5O/c1-17-7-5-6-10-21(17)22(31)27-24-28-23(26-16-15-18-8-3-2-4-9-18)29-30(24)20-13-11-19(25)12-14-20/h2-14H,15-16H2,1H3,(H2,26,27,28,29,31). The van der Waals surface area contributed by atoms with Crippen molar-refractivity contribution in [3.8, 4) is 5.69 Å². The number of nitrogens with zero attached hydrogens (tertiary/aromatic N) is 3. The van der Waals surface area contributed by atoms with Crippen LogP contribution in [0.4, 0.5) is 11.9 Å². The normalized spacial score (nSPS) is 10.6. The zero-order valence-electron chi connectivity index (χ0n) is 17.0. The van der Waals surface area contributed by atoms with Gasteiger partial charge in [-0.15, -0.1) is 5.10 Å². The number of anilines is 2. The third-order valence-corrected chi connectivity index (χ3v) is 5.08. The summed E-state index contributed by atoms with van der Waals surface area (Å²) in [5.41, 5.74) is 3.44. The SMILES string of the molecule is Cc1ccccc1C(=O)Nc1nc(NCCc2ccccc2)nn1-c1ccc(Cl)cc1. The Morgan fingerprint density at radius 1 is 0.968 bits per heavy atom. The van der Waals surface area contributed by atoms with Crippen LogP contribution in [-0.2, 0) is 6.42 Å². The average molecular weight is 432 g/mol. The second-order valence-electron chi connectivity index (χ2n) is 7.08. The lowest BCUT2D eigenvalue weighted by Crippen LogP contribution is -2.17. The summed E-state index contributed by atoms with van der Waals surface area (Å²) >= 11 is 6.03. The molecule has 0 saturated heterocycles. The number of nitrogens with one attached hydrogen (secondary N) is 2. The molecule has 0 atom stereocenters. The Labute approximate surface area is 185 Å². The number of hydrogen-bond donors (Lipinski definition) is 2. The smallest absolute Gasteiger partial charge is 0.258 e. The van der Waals surface area contributed by atoms with Gasteiger partial charge in [-0.05, 0) is 54.8 Å². The molecule has 0 aliphatic carbocycles. The van der Waals surface area contributed by atoms with Crippen LogP contribution in [0.5, 0.6) is 0 Å². The Balaban J connectivity index is 1.57. The van der Waals surface area contributed by atoms with E-state index in [4.69, 9.17) is 11.6 Å². The van der Waals surface area contributed by atoms with Crippen molar-refractivity contribution in [2.75, 3.05) is 17.2 Å². The second-order valence-corrected chi connectivity index (χ2v) is 7.52. The van der Waals surface area contributed by atoms with Crippen molar-refractivity contribution in [2.45, 2.75) is 13.3 Å². The Kier molecular flexibility index (Phi) is 6.29. The van der Waals surface area contributed by atoms with E-state index in [-0.39, 0.29) is 5.91 Å². The molecule has 7 heteroatoms. The third kappa shape index (κ3) is 5.10. The number of halogens is 1. The first-order chi connectivity index (χ1) is 15.1. The molecule has 0 aliphatic rings. The maximum Gasteiger partial charge on any atom is 0.258 e. The highest BCUT2D eigenvalue weighted by molar-refractivity contribution is 6.30. The van der Waals surface area contributed by atoms with Gasteiger partial charge in [-0.25, -0.2) is 0 Å². The van der Waals surface area contributed by atoms with Gasteiger partial charge in [0, 0.05) is 17.1 Å². The third-order valence-electron chi connectivity index (χ3n) is 4.83. The minimum Gasteiger partial charge on any atom is -0.353 e. The zero-order valence-corrected chi connectivity index (χ0v) is 17.8. The van der Waals surface area contributed by atoms with Crippen LogP contribution in [0.25, 0.3) is 5.69 Å². The molecule has 1 amide bonds. The van der Waals surface area contributed by atoms with Gasteiger partial charge in [0.05, 0.1) is 5.69 Å². The van der Waals surface area contributed by atoms with E-state index in [9.17, 15) is 4.79 Å². The molecule has 0 saturated carbocycles. The summed E-state index contributed by atoms with van der Waals surface area (Å²) in [6.45, 7) is 2.56. The molecular formula is C24H22ClN5O. The highest BCUT2D eigenvalue weighted by Crippen LogP contribution is 2.20. The lowest BCUT2D eigenvalue weighted by molar-refractivity contribution is 0.102. The van der Waals surface area contributed by atoms with E-state index in [1.807, 2.05) is 55.5 Å². The van der Waals surface area contributed by atoms with Crippen molar-refractivity contribution in [1.82, 2.24) is 14.8 Å². The molecular weight excluding hydrogens is 410 g/mol. The largest absolute Gasteiger partial charge is 0.353 e. The highest BCUT2D eigenvalue weighted by Gasteiger charge is 2.16. The number of benzene rings is 3. The summed E-state index contributed by atoms with van der Waals surface area (Å²) in [6.07, 6.45) is 0.835. The molecule has 6 nitrogen and oxygen atoms in total. The number of amides is 1. The van der Waals surface area contributed by atoms with E-state index in [1.54, 1.807) is 22.9 Å². The van der Waals surface area contributed by atoms with Gasteiger partial charge in [-0.1, -0.05) is 60.1 Å². The fraction of sp³-hybridized carbons (Fsp3) is 0.125. The van der Waals surface area contributed by atoms with Crippen molar-refractivity contribution in [3.05, 3.63) is 101 Å². The van der Waals surface area contributed by atoms with Crippen molar-refractivity contribution < 1.29 is 4.79 Å². The van der Waals surface area contributed by atoms with Gasteiger partial charge in [-0.2, -0.15) is 9.67 Å². The minimum atomic E-state index is -0.239. The van der Waals surface area contributed by atoms with Crippen LogP contribution in [-0.4, -0.2) is 27.2 Å². The Bertz CT molecular complexity index is 1170. The fourth-order valence-electron chi connectivity index (χ4n) is 3.19. The summed E-state index contributed by atoms with van der Waals surface area (Å²) in [5.74, 6) is 0.528. The molecule has 0 aliphatic heterocycles. The average Bonchev–Trinajstić information content (AvgIpc) is 3.17. The van der Waals surface area contributed by atoms with Gasteiger partial charge >= 0.3 is 0 Å². The first kappa shape index (κ1) is 20.6. The Morgan fingerprint density at radius 2 is 1.68 bits per heavy atom. The summed E-state index contributed by atoms with van der Waals surface area (Å²) in [5, 5.41) is 11.3. The number of carbonyl (C=O) groups is 1. The van der Waals surface area contributed by atoms with Crippen LogP contribution in [0.15, 0.2) is 78.9 Å². The maximum absolute atomic E-state index is 12.8. The lowest BCUT2D eigenvalue weighted by Gasteiger charge is -2.08. The molecule has 0 spiro atoms. The van der Waals surface area contributed by atoms with Crippen molar-refractivity contribution in [3.63, 3.8) is 0 Å². The molecule has 4 aromatic rings. The van der Waals surface area contributed by atoms with Gasteiger partial charge in [-0.3, -0.25) is 10.1 Å². The van der Waals surface area contributed by atoms with Crippen LogP contribution in [0.3, 0.4) is 0 Å². The topological polar surface area (TPSA) is 71.8 Å². The van der Waals surface area contributed by atoms with E-state index in [0.29, 0.717) is 29.0 Å². The number of aryl methyl sites for hydroxylation is 1. The van der Waals surface area contributed by atoms with Gasteiger partial charge in [0.25, 0.3) is 5.91 Å². The van der Waals surface area contributed by atoms with Gasteiger partial charge in [0.15, 0.2) is 0 Å². The molecule has 0 fully saturated rings. The van der Waals surface area contributed by atoms with E-state index in [1.165, 1.54) is 5.56 Å². The molecule has 0 bridgehead atoms. The Hall–Kier alpha value is -3.64. The summed E-state index contributed by atoms with van der Waals surface area (Å²) in [7, 11) is 0. The summed E-state index contributed by atoms with van der Waals surface area (Å²) < 4.78 is 1.59. The first-order valence-electron chi connectivity index (χ1n) is 9.98. The van der Waals surface area contributed by atoms with E-state index >= 15 is 0 Å². The number of hydrogen-bond acceptors (Lipinski definition) is 4. The van der Waals surface area contributed by atoms with E-state index in [0.717, 1.165) is 17.7 Å². The molecule has 31 heavy (non-hydrogen) atoms. The zero-order chi connectivity index (χ0) is 21.6. The van der Waals surface area contributed by atoms with Crippen molar-refractivity contribution in [2.24, 2.45) is 0 Å². The van der Waals surface area contributed by atoms with Crippen LogP contribution < -0.4 is 10.6 Å². The van der Waals surface area contributed by atoms with Gasteiger partial charge in [0.1, 0.15) is 0 Å². The number of rotatable bonds is 7. The van der Waals surface area contributed by atoms with Gasteiger partial charge in [0.2, 0.25) is 11.9 Å². The maximum atomic E-state index is 12.8. The highest BCUT2D eigenvalue weighted by atomic mass is 35.5. The van der Waals surface area contributed by atoms with Crippen LogP contribution in [0.2, 0.25) is 5.02 Å². The second kappa shape index (κ2) is 9.45. The molecule has 0 unspecified atom stereocenters. The first-order valence-corrected chi connectivity index (χ1v) is 10.4. The molecule has 1 aromatic heterocycles. The van der Waals surface area contributed by atoms with Crippen LogP contribution in [0.1, 0.15) is 21.5 Å². The van der Waals surface area contributed by atoms with Crippen LogP contribution >= 0.6 is 11.6 Å². The fourth-order valence-corrected chi connectivity index (χ4v) is 3.32. The Morgan fingerprint density at radius 3 is 2.42 bits per heavy atom. The molecule has 156 valence electrons. The quantitative estimate of drug-likeness (QED) is 0.425. The lowest BCUT2D eigenvalue weighted by atomic mass is 10.1. The number of aromatic nitrogens is 3. The predicted octanol–water partition coefficient (Wildman–Crippen LogP) is 5.14. The minimum absolute atomic E-state index is 0.239. The molecule has 2 N–H and O–H groups in total. The summed E-state index contributed by atoms with van der Waals surface area (Å²) in [4.78, 5) is 17.4. The molecule has 4 rings (SSSR count). The van der Waals surface area contributed by atoms with Crippen molar-refractivity contribution in [1.29, 1.82) is 0 Å². The molecule has 3 aromatic carbocycles. The van der Waals surface area contributed by atoms with E-state index in [2.05, 4.69) is 32.8 Å². The van der Waals surface area contributed by atoms with Crippen molar-refractivity contribution >= 4 is 29.4 Å². The monoisotopic (exact) mass is 431 g/mol. The van der Waals surface area contributed by atoms with Gasteiger partial charge < -0.3 is 5.32 Å². The van der Waals surface area contributed by atoms with E-state index < -0.39 is 0 Å². The predicted molar refractivity (Wildman–Crippen MR) is 124 cm³/mol. The molecule has 0 radical (unpaired) electrons. The summed E-state index contributed by atoms with van der Waals surface area (Å²) in [6, 6.07) is 24.8.